The van der Waals surface area contributed by atoms with Crippen LogP contribution in [-0.4, -0.2) is 41.3 Å². The molecular formula is C23H22N4O5. The minimum Gasteiger partial charge on any atom is -0.493 e. The zero-order valence-corrected chi connectivity index (χ0v) is 17.7. The van der Waals surface area contributed by atoms with E-state index in [0.29, 0.717) is 40.1 Å². The number of rotatable bonds is 7. The molecule has 5 rings (SSSR count). The number of anilines is 1. The number of hydrogen-bond acceptors (Lipinski definition) is 7. The van der Waals surface area contributed by atoms with Gasteiger partial charge in [0, 0.05) is 22.7 Å². The standard InChI is InChI=1S/C23H22N4O5/c1-30-16-9-8-15-17(32-23(29)19(15)20(16)31-2)11-18(28)24-14-5-3-4-13(10-14)22-25-21(26-27-22)12-6-7-12/h3-5,8-10,12,17H,6-7,11H2,1-2H3,(H,24,28)(H,25,26,27)/t17-/m1/s1. The van der Waals surface area contributed by atoms with Crippen molar-refractivity contribution in [2.24, 2.45) is 0 Å². The van der Waals surface area contributed by atoms with Crippen LogP contribution in [0.5, 0.6) is 11.5 Å². The number of esters is 1. The van der Waals surface area contributed by atoms with Crippen molar-refractivity contribution in [1.29, 1.82) is 0 Å². The molecule has 1 aliphatic carbocycles. The van der Waals surface area contributed by atoms with E-state index in [9.17, 15) is 9.59 Å². The number of nitrogens with one attached hydrogen (secondary N) is 2. The van der Waals surface area contributed by atoms with Gasteiger partial charge in [-0.3, -0.25) is 9.89 Å². The molecule has 0 unspecified atom stereocenters. The number of carbonyl (C=O) groups is 2. The Kier molecular flexibility index (Phi) is 5.01. The number of ether oxygens (including phenoxy) is 3. The average Bonchev–Trinajstić information content (AvgIpc) is 3.44. The SMILES string of the molecule is COc1ccc2c(c1OC)C(=O)O[C@@H]2CC(=O)Nc1cccc(-c2n[nH]c(C3CC3)n2)c1. The van der Waals surface area contributed by atoms with E-state index in [2.05, 4.69) is 20.5 Å². The molecule has 2 aliphatic rings. The predicted molar refractivity (Wildman–Crippen MR) is 115 cm³/mol. The summed E-state index contributed by atoms with van der Waals surface area (Å²) in [7, 11) is 2.95. The van der Waals surface area contributed by atoms with Gasteiger partial charge in [-0.05, 0) is 31.0 Å². The van der Waals surface area contributed by atoms with Gasteiger partial charge in [0.25, 0.3) is 0 Å². The smallest absolute Gasteiger partial charge is 0.343 e. The van der Waals surface area contributed by atoms with E-state index < -0.39 is 12.1 Å². The highest BCUT2D eigenvalue weighted by Gasteiger charge is 2.37. The van der Waals surface area contributed by atoms with Gasteiger partial charge in [0.15, 0.2) is 17.3 Å². The van der Waals surface area contributed by atoms with Crippen LogP contribution >= 0.6 is 0 Å². The minimum absolute atomic E-state index is 0.0229. The number of nitrogens with zero attached hydrogens (tertiary/aromatic N) is 2. The fourth-order valence-electron chi connectivity index (χ4n) is 3.88. The quantitative estimate of drug-likeness (QED) is 0.546. The van der Waals surface area contributed by atoms with E-state index in [4.69, 9.17) is 14.2 Å². The van der Waals surface area contributed by atoms with Crippen LogP contribution < -0.4 is 14.8 Å². The Morgan fingerprint density at radius 1 is 1.22 bits per heavy atom. The number of methoxy groups -OCH3 is 2. The molecule has 9 nitrogen and oxygen atoms in total. The van der Waals surface area contributed by atoms with Crippen molar-refractivity contribution in [1.82, 2.24) is 15.2 Å². The number of hydrogen-bond donors (Lipinski definition) is 2. The maximum atomic E-state index is 12.7. The lowest BCUT2D eigenvalue weighted by atomic mass is 10.0. The van der Waals surface area contributed by atoms with Gasteiger partial charge >= 0.3 is 5.97 Å². The Labute approximate surface area is 184 Å². The summed E-state index contributed by atoms with van der Waals surface area (Å²) in [4.78, 5) is 29.7. The van der Waals surface area contributed by atoms with Gasteiger partial charge in [0.2, 0.25) is 5.91 Å². The van der Waals surface area contributed by atoms with E-state index in [-0.39, 0.29) is 12.3 Å². The fourth-order valence-corrected chi connectivity index (χ4v) is 3.88. The van der Waals surface area contributed by atoms with Gasteiger partial charge in [-0.2, -0.15) is 5.10 Å². The van der Waals surface area contributed by atoms with Crippen LogP contribution in [0.15, 0.2) is 36.4 Å². The summed E-state index contributed by atoms with van der Waals surface area (Å²) in [5, 5.41) is 10.1. The molecule has 9 heteroatoms. The third kappa shape index (κ3) is 3.66. The molecular weight excluding hydrogens is 412 g/mol. The van der Waals surface area contributed by atoms with E-state index in [1.807, 2.05) is 18.2 Å². The Bertz CT molecular complexity index is 1200. The van der Waals surface area contributed by atoms with Crippen molar-refractivity contribution >= 4 is 17.6 Å². The number of H-pyrrole nitrogens is 1. The molecule has 164 valence electrons. The van der Waals surface area contributed by atoms with Gasteiger partial charge in [-0.25, -0.2) is 9.78 Å². The third-order valence-electron chi connectivity index (χ3n) is 5.62. The van der Waals surface area contributed by atoms with Crippen LogP contribution in [0.3, 0.4) is 0 Å². The lowest BCUT2D eigenvalue weighted by molar-refractivity contribution is -0.118. The first-order valence-electron chi connectivity index (χ1n) is 10.4. The largest absolute Gasteiger partial charge is 0.493 e. The Balaban J connectivity index is 1.30. The Morgan fingerprint density at radius 2 is 2.06 bits per heavy atom. The molecule has 1 saturated carbocycles. The maximum Gasteiger partial charge on any atom is 0.343 e. The Hall–Kier alpha value is -3.88. The van der Waals surface area contributed by atoms with Crippen molar-refractivity contribution in [3.8, 4) is 22.9 Å². The summed E-state index contributed by atoms with van der Waals surface area (Å²) in [5.41, 5.74) is 2.31. The Morgan fingerprint density at radius 3 is 2.81 bits per heavy atom. The van der Waals surface area contributed by atoms with Crippen LogP contribution in [0.4, 0.5) is 5.69 Å². The summed E-state index contributed by atoms with van der Waals surface area (Å²) < 4.78 is 16.0. The molecule has 0 bridgehead atoms. The number of carbonyl (C=O) groups excluding carboxylic acids is 2. The maximum absolute atomic E-state index is 12.7. The summed E-state index contributed by atoms with van der Waals surface area (Å²) in [6, 6.07) is 10.8. The van der Waals surface area contributed by atoms with Crippen molar-refractivity contribution in [2.45, 2.75) is 31.3 Å². The lowest BCUT2D eigenvalue weighted by Gasteiger charge is -2.13. The third-order valence-corrected chi connectivity index (χ3v) is 5.62. The van der Waals surface area contributed by atoms with Crippen LogP contribution in [0.25, 0.3) is 11.4 Å². The zero-order chi connectivity index (χ0) is 22.2. The van der Waals surface area contributed by atoms with E-state index in [0.717, 1.165) is 24.2 Å². The van der Waals surface area contributed by atoms with Gasteiger partial charge in [0.1, 0.15) is 17.5 Å². The fraction of sp³-hybridized carbons (Fsp3) is 0.304. The molecule has 1 amide bonds. The summed E-state index contributed by atoms with van der Waals surface area (Å²) in [6.07, 6.45) is 1.55. The normalized spacial score (nSPS) is 16.9. The molecule has 0 spiro atoms. The summed E-state index contributed by atoms with van der Waals surface area (Å²) >= 11 is 0. The highest BCUT2D eigenvalue weighted by Crippen LogP contribution is 2.43. The first kappa shape index (κ1) is 20.0. The second kappa shape index (κ2) is 7.99. The monoisotopic (exact) mass is 434 g/mol. The van der Waals surface area contributed by atoms with Crippen LogP contribution in [0, 0.1) is 0 Å². The molecule has 1 fully saturated rings. The van der Waals surface area contributed by atoms with E-state index in [1.54, 1.807) is 18.2 Å². The number of cyclic esters (lactones) is 1. The molecule has 1 aliphatic heterocycles. The minimum atomic E-state index is -0.699. The molecule has 1 aromatic heterocycles. The summed E-state index contributed by atoms with van der Waals surface area (Å²) in [5.74, 6) is 1.91. The van der Waals surface area contributed by atoms with Gasteiger partial charge in [0.05, 0.1) is 20.6 Å². The van der Waals surface area contributed by atoms with Crippen molar-refractivity contribution in [3.63, 3.8) is 0 Å². The van der Waals surface area contributed by atoms with Crippen LogP contribution in [-0.2, 0) is 9.53 Å². The molecule has 2 aromatic carbocycles. The number of benzene rings is 2. The highest BCUT2D eigenvalue weighted by atomic mass is 16.6. The number of aromatic amines is 1. The molecule has 32 heavy (non-hydrogen) atoms. The average molecular weight is 434 g/mol. The van der Waals surface area contributed by atoms with Gasteiger partial charge in [-0.1, -0.05) is 18.2 Å². The molecule has 2 heterocycles. The van der Waals surface area contributed by atoms with Gasteiger partial charge < -0.3 is 19.5 Å². The second-order valence-electron chi connectivity index (χ2n) is 7.81. The molecule has 2 N–H and O–H groups in total. The molecule has 0 radical (unpaired) electrons. The van der Waals surface area contributed by atoms with E-state index in [1.165, 1.54) is 14.2 Å². The first-order valence-corrected chi connectivity index (χ1v) is 10.4. The van der Waals surface area contributed by atoms with Crippen LogP contribution in [0.1, 0.15) is 53.0 Å². The number of fused-ring (bicyclic) bond motifs is 1. The predicted octanol–water partition coefficient (Wildman–Crippen LogP) is 3.61. The summed E-state index contributed by atoms with van der Waals surface area (Å²) in [6.45, 7) is 0. The zero-order valence-electron chi connectivity index (χ0n) is 17.7. The molecule has 1 atom stereocenters. The molecule has 0 saturated heterocycles. The highest BCUT2D eigenvalue weighted by molar-refractivity contribution is 5.99. The number of amides is 1. The topological polar surface area (TPSA) is 115 Å². The molecule has 3 aromatic rings. The van der Waals surface area contributed by atoms with Crippen LogP contribution in [0.2, 0.25) is 0 Å². The lowest BCUT2D eigenvalue weighted by Crippen LogP contribution is -2.15. The first-order chi connectivity index (χ1) is 15.6. The number of aromatic nitrogens is 3. The van der Waals surface area contributed by atoms with Crippen molar-refractivity contribution in [2.75, 3.05) is 19.5 Å². The van der Waals surface area contributed by atoms with Gasteiger partial charge in [-0.15, -0.1) is 0 Å². The van der Waals surface area contributed by atoms with E-state index >= 15 is 0 Å². The van der Waals surface area contributed by atoms with Crippen molar-refractivity contribution < 1.29 is 23.8 Å². The van der Waals surface area contributed by atoms with Crippen molar-refractivity contribution in [3.05, 3.63) is 53.3 Å². The second-order valence-corrected chi connectivity index (χ2v) is 7.81.